The Labute approximate surface area is 120 Å². The fraction of sp³-hybridized carbons (Fsp3) is 0.625. The molecule has 4 heteroatoms. The summed E-state index contributed by atoms with van der Waals surface area (Å²) < 4.78 is 6.86. The maximum Gasteiger partial charge on any atom is 0.340 e. The molecule has 1 unspecified atom stereocenters. The van der Waals surface area contributed by atoms with E-state index in [-0.39, 0.29) is 17.6 Å². The lowest BCUT2D eigenvalue weighted by Gasteiger charge is -2.22. The summed E-state index contributed by atoms with van der Waals surface area (Å²) in [6.07, 6.45) is 2.81. The highest BCUT2D eigenvalue weighted by Gasteiger charge is 2.21. The minimum Gasteiger partial charge on any atom is -0.462 e. The molecule has 0 amide bonds. The zero-order valence-corrected chi connectivity index (χ0v) is 13.2. The number of carbonyl (C=O) groups is 1. The molecular formula is C16H25NO3. The van der Waals surface area contributed by atoms with Gasteiger partial charge in [0.1, 0.15) is 0 Å². The second-order valence-corrected chi connectivity index (χ2v) is 5.07. The summed E-state index contributed by atoms with van der Waals surface area (Å²) in [5, 5.41) is 0. The molecule has 0 aliphatic carbocycles. The molecule has 0 saturated carbocycles. The van der Waals surface area contributed by atoms with Gasteiger partial charge < -0.3 is 9.30 Å². The highest BCUT2D eigenvalue weighted by molar-refractivity contribution is 5.92. The van der Waals surface area contributed by atoms with E-state index in [4.69, 9.17) is 4.74 Å². The average Bonchev–Trinajstić information content (AvgIpc) is 2.37. The van der Waals surface area contributed by atoms with Gasteiger partial charge in [-0.25, -0.2) is 4.79 Å². The molecule has 0 aliphatic rings. The van der Waals surface area contributed by atoms with Gasteiger partial charge in [-0.2, -0.15) is 0 Å². The van der Waals surface area contributed by atoms with Gasteiger partial charge in [0, 0.05) is 17.8 Å². The Kier molecular flexibility index (Phi) is 5.99. The minimum atomic E-state index is -0.345. The van der Waals surface area contributed by atoms with Crippen molar-refractivity contribution in [2.24, 2.45) is 0 Å². The van der Waals surface area contributed by atoms with Crippen molar-refractivity contribution in [2.45, 2.75) is 59.9 Å². The molecule has 1 heterocycles. The molecule has 0 N–H and O–H groups in total. The highest BCUT2D eigenvalue weighted by Crippen LogP contribution is 2.21. The lowest BCUT2D eigenvalue weighted by molar-refractivity contribution is 0.0523. The molecule has 4 nitrogen and oxygen atoms in total. The van der Waals surface area contributed by atoms with E-state index < -0.39 is 0 Å². The van der Waals surface area contributed by atoms with Gasteiger partial charge in [0.15, 0.2) is 0 Å². The third-order valence-corrected chi connectivity index (χ3v) is 3.63. The van der Waals surface area contributed by atoms with Crippen LogP contribution < -0.4 is 5.56 Å². The summed E-state index contributed by atoms with van der Waals surface area (Å²) in [6.45, 7) is 9.90. The van der Waals surface area contributed by atoms with Crippen LogP contribution in [0.4, 0.5) is 0 Å². The van der Waals surface area contributed by atoms with Crippen molar-refractivity contribution in [3.63, 3.8) is 0 Å². The van der Waals surface area contributed by atoms with Crippen LogP contribution in [-0.4, -0.2) is 17.1 Å². The van der Waals surface area contributed by atoms with E-state index in [0.29, 0.717) is 23.4 Å². The van der Waals surface area contributed by atoms with Crippen molar-refractivity contribution in [2.75, 3.05) is 6.61 Å². The number of hydrogen-bond acceptors (Lipinski definition) is 3. The van der Waals surface area contributed by atoms with Crippen LogP contribution in [0.1, 0.15) is 67.7 Å². The lowest BCUT2D eigenvalue weighted by atomic mass is 10.0. The molecule has 0 spiro atoms. The molecule has 0 fully saturated rings. The van der Waals surface area contributed by atoms with Crippen LogP contribution in [-0.2, 0) is 4.74 Å². The maximum atomic E-state index is 12.3. The summed E-state index contributed by atoms with van der Waals surface area (Å²) in [6, 6.07) is 1.68. The molecule has 1 atom stereocenters. The Balaban J connectivity index is 3.42. The van der Waals surface area contributed by atoms with E-state index in [1.165, 1.54) is 6.07 Å². The van der Waals surface area contributed by atoms with Gasteiger partial charge >= 0.3 is 5.97 Å². The van der Waals surface area contributed by atoms with E-state index in [2.05, 4.69) is 13.8 Å². The Bertz CT molecular complexity index is 531. The summed E-state index contributed by atoms with van der Waals surface area (Å²) in [5.41, 5.74) is 1.90. The summed E-state index contributed by atoms with van der Waals surface area (Å²) >= 11 is 0. The largest absolute Gasteiger partial charge is 0.462 e. The number of aryl methyl sites for hydroxylation is 1. The maximum absolute atomic E-state index is 12.3. The number of hydrogen-bond donors (Lipinski definition) is 0. The Morgan fingerprint density at radius 3 is 2.45 bits per heavy atom. The second kappa shape index (κ2) is 7.27. The molecule has 112 valence electrons. The van der Waals surface area contributed by atoms with Crippen LogP contribution >= 0.6 is 0 Å². The number of rotatable bonds is 6. The summed E-state index contributed by atoms with van der Waals surface area (Å²) in [7, 11) is 0. The number of aromatic nitrogens is 1. The number of carbonyl (C=O) groups excluding carboxylic acids is 1. The SMILES string of the molecule is CCCC(CC)n1c(C)c(C(=O)OCC)c(C)cc1=O. The molecule has 0 saturated heterocycles. The summed E-state index contributed by atoms with van der Waals surface area (Å²) in [4.78, 5) is 24.4. The van der Waals surface area contributed by atoms with Crippen LogP contribution in [0, 0.1) is 13.8 Å². The predicted molar refractivity (Wildman–Crippen MR) is 80.4 cm³/mol. The van der Waals surface area contributed by atoms with Gasteiger partial charge in [-0.05, 0) is 39.2 Å². The quantitative estimate of drug-likeness (QED) is 0.750. The minimum absolute atomic E-state index is 0.0339. The number of pyridine rings is 1. The van der Waals surface area contributed by atoms with Crippen molar-refractivity contribution in [3.05, 3.63) is 33.2 Å². The van der Waals surface area contributed by atoms with Crippen molar-refractivity contribution in [3.8, 4) is 0 Å². The fourth-order valence-electron chi connectivity index (χ4n) is 2.71. The predicted octanol–water partition coefficient (Wildman–Crippen LogP) is 3.39. The third kappa shape index (κ3) is 3.30. The van der Waals surface area contributed by atoms with Crippen molar-refractivity contribution >= 4 is 5.97 Å². The van der Waals surface area contributed by atoms with Crippen molar-refractivity contribution < 1.29 is 9.53 Å². The lowest BCUT2D eigenvalue weighted by Crippen LogP contribution is -2.29. The molecule has 1 aromatic rings. The van der Waals surface area contributed by atoms with Gasteiger partial charge in [0.2, 0.25) is 0 Å². The van der Waals surface area contributed by atoms with Crippen LogP contribution in [0.15, 0.2) is 10.9 Å². The third-order valence-electron chi connectivity index (χ3n) is 3.63. The topological polar surface area (TPSA) is 48.3 Å². The van der Waals surface area contributed by atoms with E-state index in [0.717, 1.165) is 19.3 Å². The molecule has 20 heavy (non-hydrogen) atoms. The zero-order chi connectivity index (χ0) is 15.3. The number of ether oxygens (including phenoxy) is 1. The molecule has 0 aliphatic heterocycles. The number of esters is 1. The van der Waals surface area contributed by atoms with Crippen LogP contribution in [0.2, 0.25) is 0 Å². The Morgan fingerprint density at radius 2 is 1.95 bits per heavy atom. The Morgan fingerprint density at radius 1 is 1.30 bits per heavy atom. The zero-order valence-electron chi connectivity index (χ0n) is 13.2. The monoisotopic (exact) mass is 279 g/mol. The molecule has 1 rings (SSSR count). The van der Waals surface area contributed by atoms with Crippen LogP contribution in [0.3, 0.4) is 0 Å². The first-order valence-electron chi connectivity index (χ1n) is 7.37. The summed E-state index contributed by atoms with van der Waals surface area (Å²) in [5.74, 6) is -0.345. The highest BCUT2D eigenvalue weighted by atomic mass is 16.5. The van der Waals surface area contributed by atoms with E-state index >= 15 is 0 Å². The van der Waals surface area contributed by atoms with Gasteiger partial charge in [-0.3, -0.25) is 4.79 Å². The molecule has 0 bridgehead atoms. The molecule has 0 radical (unpaired) electrons. The molecule has 0 aromatic carbocycles. The van der Waals surface area contributed by atoms with Crippen molar-refractivity contribution in [1.29, 1.82) is 0 Å². The van der Waals surface area contributed by atoms with Gasteiger partial charge in [-0.1, -0.05) is 20.3 Å². The van der Waals surface area contributed by atoms with Crippen molar-refractivity contribution in [1.82, 2.24) is 4.57 Å². The first kappa shape index (κ1) is 16.5. The van der Waals surface area contributed by atoms with E-state index in [9.17, 15) is 9.59 Å². The van der Waals surface area contributed by atoms with E-state index in [1.54, 1.807) is 18.4 Å². The normalized spacial score (nSPS) is 12.2. The second-order valence-electron chi connectivity index (χ2n) is 5.07. The van der Waals surface area contributed by atoms with Gasteiger partial charge in [0.05, 0.1) is 12.2 Å². The van der Waals surface area contributed by atoms with Gasteiger partial charge in [-0.15, -0.1) is 0 Å². The number of nitrogens with zero attached hydrogens (tertiary/aromatic N) is 1. The van der Waals surface area contributed by atoms with Gasteiger partial charge in [0.25, 0.3) is 5.56 Å². The molecule has 1 aromatic heterocycles. The fourth-order valence-corrected chi connectivity index (χ4v) is 2.71. The first-order chi connectivity index (χ1) is 9.47. The Hall–Kier alpha value is -1.58. The first-order valence-corrected chi connectivity index (χ1v) is 7.37. The molecular weight excluding hydrogens is 254 g/mol. The average molecular weight is 279 g/mol. The standard InChI is InChI=1S/C16H25NO3/c1-6-9-13(7-2)17-12(5)15(16(19)20-8-3)11(4)10-14(17)18/h10,13H,6-9H2,1-5H3. The van der Waals surface area contributed by atoms with Crippen LogP contribution in [0.5, 0.6) is 0 Å². The van der Waals surface area contributed by atoms with E-state index in [1.807, 2.05) is 6.92 Å². The smallest absolute Gasteiger partial charge is 0.340 e. The van der Waals surface area contributed by atoms with Crippen LogP contribution in [0.25, 0.3) is 0 Å².